The van der Waals surface area contributed by atoms with E-state index in [1.165, 1.54) is 0 Å². The third-order valence-electron chi connectivity index (χ3n) is 3.24. The average molecular weight is 322 g/mol. The van der Waals surface area contributed by atoms with Crippen LogP contribution in [-0.4, -0.2) is 18.2 Å². The van der Waals surface area contributed by atoms with Gasteiger partial charge in [0.15, 0.2) is 6.61 Å². The summed E-state index contributed by atoms with van der Waals surface area (Å²) in [4.78, 5) is 11.8. The van der Waals surface area contributed by atoms with Crippen LogP contribution in [0.15, 0.2) is 59.7 Å². The molecule has 24 heavy (non-hydrogen) atoms. The first-order valence-electron chi connectivity index (χ1n) is 7.80. The van der Waals surface area contributed by atoms with E-state index in [-0.39, 0.29) is 12.5 Å². The fraction of sp³-hybridized carbons (Fsp3) is 0.200. The monoisotopic (exact) mass is 322 g/mol. The van der Waals surface area contributed by atoms with Crippen LogP contribution in [0, 0.1) is 13.8 Å². The molecule has 2 rings (SSSR count). The van der Waals surface area contributed by atoms with Gasteiger partial charge < -0.3 is 4.74 Å². The van der Waals surface area contributed by atoms with Crippen LogP contribution in [0.1, 0.15) is 23.6 Å². The van der Waals surface area contributed by atoms with Gasteiger partial charge in [0, 0.05) is 0 Å². The Bertz CT molecular complexity index is 729. The van der Waals surface area contributed by atoms with Crippen molar-refractivity contribution in [2.24, 2.45) is 5.10 Å². The van der Waals surface area contributed by atoms with Gasteiger partial charge >= 0.3 is 0 Å². The summed E-state index contributed by atoms with van der Waals surface area (Å²) in [5, 5.41) is 4.04. The summed E-state index contributed by atoms with van der Waals surface area (Å²) >= 11 is 0. The van der Waals surface area contributed by atoms with E-state index in [9.17, 15) is 4.79 Å². The molecule has 0 fully saturated rings. The van der Waals surface area contributed by atoms with Crippen LogP contribution in [0.2, 0.25) is 0 Å². The zero-order chi connectivity index (χ0) is 17.4. The molecular formula is C20H22N2O2. The number of nitrogens with one attached hydrogen (secondary N) is 1. The first-order valence-corrected chi connectivity index (χ1v) is 7.80. The lowest BCUT2D eigenvalue weighted by atomic mass is 10.1. The molecule has 0 aliphatic carbocycles. The van der Waals surface area contributed by atoms with Crippen molar-refractivity contribution in [2.45, 2.75) is 20.8 Å². The smallest absolute Gasteiger partial charge is 0.277 e. The van der Waals surface area contributed by atoms with E-state index in [0.717, 1.165) is 16.7 Å². The Morgan fingerprint density at radius 3 is 2.46 bits per heavy atom. The third kappa shape index (κ3) is 6.08. The van der Waals surface area contributed by atoms with Gasteiger partial charge in [-0.3, -0.25) is 4.79 Å². The summed E-state index contributed by atoms with van der Waals surface area (Å²) in [6.07, 6.45) is 3.79. The van der Waals surface area contributed by atoms with Crippen molar-refractivity contribution in [1.82, 2.24) is 5.43 Å². The van der Waals surface area contributed by atoms with Gasteiger partial charge in [0.2, 0.25) is 0 Å². The molecule has 4 nitrogen and oxygen atoms in total. The molecule has 0 aliphatic heterocycles. The number of carbonyl (C=O) groups excluding carboxylic acids is 1. The highest BCUT2D eigenvalue weighted by Crippen LogP contribution is 2.15. The van der Waals surface area contributed by atoms with Gasteiger partial charge in [0.1, 0.15) is 5.75 Å². The minimum absolute atomic E-state index is 0.0674. The second-order valence-electron chi connectivity index (χ2n) is 5.64. The van der Waals surface area contributed by atoms with E-state index in [1.807, 2.05) is 75.4 Å². The van der Waals surface area contributed by atoms with Crippen molar-refractivity contribution in [3.63, 3.8) is 0 Å². The molecule has 124 valence electrons. The van der Waals surface area contributed by atoms with Gasteiger partial charge in [-0.15, -0.1) is 0 Å². The Morgan fingerprint density at radius 2 is 1.79 bits per heavy atom. The normalized spacial score (nSPS) is 11.5. The summed E-state index contributed by atoms with van der Waals surface area (Å²) in [6.45, 7) is 5.74. The van der Waals surface area contributed by atoms with Gasteiger partial charge in [0.25, 0.3) is 5.91 Å². The number of ether oxygens (including phenoxy) is 1. The summed E-state index contributed by atoms with van der Waals surface area (Å²) in [5.74, 6) is 0.397. The van der Waals surface area contributed by atoms with Crippen molar-refractivity contribution in [2.75, 3.05) is 6.61 Å². The van der Waals surface area contributed by atoms with Gasteiger partial charge in [0.05, 0.1) is 5.71 Å². The molecule has 2 aromatic carbocycles. The number of aryl methyl sites for hydroxylation is 2. The highest BCUT2D eigenvalue weighted by molar-refractivity contribution is 5.97. The van der Waals surface area contributed by atoms with Gasteiger partial charge in [-0.25, -0.2) is 5.43 Å². The molecule has 1 N–H and O–H groups in total. The second-order valence-corrected chi connectivity index (χ2v) is 5.64. The molecular weight excluding hydrogens is 300 g/mol. The van der Waals surface area contributed by atoms with Crippen LogP contribution in [0.25, 0.3) is 6.08 Å². The largest absolute Gasteiger partial charge is 0.484 e. The molecule has 0 heterocycles. The molecule has 0 saturated carbocycles. The van der Waals surface area contributed by atoms with Crippen molar-refractivity contribution in [3.8, 4) is 5.75 Å². The molecule has 2 aromatic rings. The lowest BCUT2D eigenvalue weighted by molar-refractivity contribution is -0.123. The predicted octanol–water partition coefficient (Wildman–Crippen LogP) is 3.89. The summed E-state index contributed by atoms with van der Waals surface area (Å²) in [7, 11) is 0. The minimum Gasteiger partial charge on any atom is -0.484 e. The maximum atomic E-state index is 11.8. The quantitative estimate of drug-likeness (QED) is 0.648. The van der Waals surface area contributed by atoms with Crippen molar-refractivity contribution in [3.05, 3.63) is 71.3 Å². The second kappa shape index (κ2) is 8.67. The SMILES string of the molecule is CC(/C=C/c1ccccc1)=N\NC(=O)COc1cc(C)cc(C)c1. The highest BCUT2D eigenvalue weighted by Gasteiger charge is 2.02. The number of carbonyl (C=O) groups is 1. The maximum absolute atomic E-state index is 11.8. The Balaban J connectivity index is 1.82. The van der Waals surface area contributed by atoms with Gasteiger partial charge in [-0.2, -0.15) is 5.10 Å². The molecule has 0 aromatic heterocycles. The van der Waals surface area contributed by atoms with E-state index in [0.29, 0.717) is 11.5 Å². The molecule has 0 radical (unpaired) electrons. The molecule has 0 aliphatic rings. The standard InChI is InChI=1S/C20H22N2O2/c1-15-11-16(2)13-19(12-15)24-14-20(23)22-21-17(3)9-10-18-7-5-4-6-8-18/h4-13H,14H2,1-3H3,(H,22,23)/b10-9+,21-17+. The third-order valence-corrected chi connectivity index (χ3v) is 3.24. The number of nitrogens with zero attached hydrogens (tertiary/aromatic N) is 1. The van der Waals surface area contributed by atoms with Crippen LogP contribution in [-0.2, 0) is 4.79 Å². The summed E-state index contributed by atoms with van der Waals surface area (Å²) in [6, 6.07) is 15.8. The topological polar surface area (TPSA) is 50.7 Å². The fourth-order valence-corrected chi connectivity index (χ4v) is 2.17. The van der Waals surface area contributed by atoms with E-state index in [2.05, 4.69) is 16.6 Å². The maximum Gasteiger partial charge on any atom is 0.277 e. The van der Waals surface area contributed by atoms with Crippen LogP contribution in [0.3, 0.4) is 0 Å². The Labute approximate surface area is 142 Å². The van der Waals surface area contributed by atoms with Crippen molar-refractivity contribution >= 4 is 17.7 Å². The summed E-state index contributed by atoms with van der Waals surface area (Å²) < 4.78 is 5.49. The molecule has 0 bridgehead atoms. The molecule has 0 unspecified atom stereocenters. The van der Waals surface area contributed by atoms with Crippen LogP contribution in [0.4, 0.5) is 0 Å². The molecule has 0 spiro atoms. The molecule has 1 amide bonds. The number of amides is 1. The number of hydrogen-bond acceptors (Lipinski definition) is 3. The van der Waals surface area contributed by atoms with Crippen LogP contribution in [0.5, 0.6) is 5.75 Å². The number of hydrogen-bond donors (Lipinski definition) is 1. The first kappa shape index (κ1) is 17.5. The van der Waals surface area contributed by atoms with Gasteiger partial charge in [-0.05, 0) is 55.7 Å². The molecule has 0 saturated heterocycles. The number of benzene rings is 2. The fourth-order valence-electron chi connectivity index (χ4n) is 2.17. The Hall–Kier alpha value is -2.88. The number of allylic oxidation sites excluding steroid dienone is 1. The van der Waals surface area contributed by atoms with E-state index in [4.69, 9.17) is 4.74 Å². The zero-order valence-corrected chi connectivity index (χ0v) is 14.2. The molecule has 4 heteroatoms. The first-order chi connectivity index (χ1) is 11.5. The van der Waals surface area contributed by atoms with E-state index < -0.39 is 0 Å². The number of hydrazone groups is 1. The van der Waals surface area contributed by atoms with Crippen LogP contribution >= 0.6 is 0 Å². The molecule has 0 atom stereocenters. The van der Waals surface area contributed by atoms with Crippen molar-refractivity contribution < 1.29 is 9.53 Å². The Morgan fingerprint density at radius 1 is 1.12 bits per heavy atom. The van der Waals surface area contributed by atoms with Gasteiger partial charge in [-0.1, -0.05) is 42.5 Å². The number of rotatable bonds is 6. The highest BCUT2D eigenvalue weighted by atomic mass is 16.5. The lowest BCUT2D eigenvalue weighted by Crippen LogP contribution is -2.25. The Kier molecular flexibility index (Phi) is 6.32. The lowest BCUT2D eigenvalue weighted by Gasteiger charge is -2.07. The van der Waals surface area contributed by atoms with E-state index in [1.54, 1.807) is 0 Å². The zero-order valence-electron chi connectivity index (χ0n) is 14.2. The predicted molar refractivity (Wildman–Crippen MR) is 98.1 cm³/mol. The van der Waals surface area contributed by atoms with Crippen molar-refractivity contribution in [1.29, 1.82) is 0 Å². The van der Waals surface area contributed by atoms with Crippen LogP contribution < -0.4 is 10.2 Å². The van der Waals surface area contributed by atoms with E-state index >= 15 is 0 Å². The minimum atomic E-state index is -0.290. The summed E-state index contributed by atoms with van der Waals surface area (Å²) in [5.41, 5.74) is 6.48. The average Bonchev–Trinajstić information content (AvgIpc) is 2.56.